The third-order valence-corrected chi connectivity index (χ3v) is 4.57. The fourth-order valence-corrected chi connectivity index (χ4v) is 3.13. The summed E-state index contributed by atoms with van der Waals surface area (Å²) in [7, 11) is 1.49. The van der Waals surface area contributed by atoms with Gasteiger partial charge in [-0.2, -0.15) is 5.10 Å². The van der Waals surface area contributed by atoms with E-state index >= 15 is 0 Å². The van der Waals surface area contributed by atoms with Gasteiger partial charge in [0.05, 0.1) is 18.2 Å². The molecule has 1 aromatic heterocycles. The van der Waals surface area contributed by atoms with Gasteiger partial charge in [0.1, 0.15) is 5.75 Å². The number of methoxy groups -OCH3 is 1. The first kappa shape index (κ1) is 21.0. The van der Waals surface area contributed by atoms with Gasteiger partial charge in [-0.1, -0.05) is 31.5 Å². The van der Waals surface area contributed by atoms with Gasteiger partial charge < -0.3 is 15.4 Å². The summed E-state index contributed by atoms with van der Waals surface area (Å²) in [4.78, 5) is 37.2. The van der Waals surface area contributed by atoms with Crippen molar-refractivity contribution in [3.8, 4) is 5.75 Å². The van der Waals surface area contributed by atoms with E-state index in [4.69, 9.17) is 4.74 Å². The summed E-state index contributed by atoms with van der Waals surface area (Å²) < 4.78 is 6.66. The zero-order valence-corrected chi connectivity index (χ0v) is 17.2. The van der Waals surface area contributed by atoms with Crippen LogP contribution in [-0.2, 0) is 11.3 Å². The molecule has 0 atom stereocenters. The van der Waals surface area contributed by atoms with E-state index in [1.54, 1.807) is 42.5 Å². The average Bonchev–Trinajstić information content (AvgIpc) is 2.73. The van der Waals surface area contributed by atoms with Gasteiger partial charge in [0.25, 0.3) is 11.5 Å². The average molecular weight is 408 g/mol. The Morgan fingerprint density at radius 3 is 2.50 bits per heavy atom. The predicted octanol–water partition coefficient (Wildman–Crippen LogP) is 3.42. The highest BCUT2D eigenvalue weighted by Gasteiger charge is 2.18. The van der Waals surface area contributed by atoms with Crippen LogP contribution in [0.3, 0.4) is 0 Å². The number of nitrogens with one attached hydrogen (secondary N) is 2. The van der Waals surface area contributed by atoms with Crippen LogP contribution in [0.4, 0.5) is 11.4 Å². The minimum absolute atomic E-state index is 0.147. The summed E-state index contributed by atoms with van der Waals surface area (Å²) >= 11 is 0. The topological polar surface area (TPSA) is 102 Å². The third-order valence-electron chi connectivity index (χ3n) is 4.57. The second-order valence-electron chi connectivity index (χ2n) is 6.83. The van der Waals surface area contributed by atoms with Gasteiger partial charge in [-0.15, -0.1) is 0 Å². The molecule has 156 valence electrons. The Labute approximate surface area is 173 Å². The molecule has 3 rings (SSSR count). The molecule has 0 unspecified atom stereocenters. The van der Waals surface area contributed by atoms with Gasteiger partial charge in [0, 0.05) is 24.5 Å². The number of ether oxygens (including phenoxy) is 1. The van der Waals surface area contributed by atoms with E-state index in [-0.39, 0.29) is 17.2 Å². The minimum atomic E-state index is -0.477. The molecular weight excluding hydrogens is 384 g/mol. The van der Waals surface area contributed by atoms with E-state index < -0.39 is 5.91 Å². The Hall–Kier alpha value is -3.68. The van der Waals surface area contributed by atoms with E-state index in [0.29, 0.717) is 34.4 Å². The van der Waals surface area contributed by atoms with Crippen molar-refractivity contribution in [3.05, 3.63) is 58.5 Å². The largest absolute Gasteiger partial charge is 0.495 e. The fourth-order valence-electron chi connectivity index (χ4n) is 3.13. The number of rotatable bonds is 7. The number of nitrogens with zero attached hydrogens (tertiary/aromatic N) is 2. The van der Waals surface area contributed by atoms with E-state index in [1.165, 1.54) is 18.7 Å². The summed E-state index contributed by atoms with van der Waals surface area (Å²) in [6, 6.07) is 11.8. The molecule has 0 aliphatic rings. The first-order valence-corrected chi connectivity index (χ1v) is 9.71. The van der Waals surface area contributed by atoms with Crippen molar-refractivity contribution in [1.29, 1.82) is 0 Å². The molecule has 30 heavy (non-hydrogen) atoms. The number of benzene rings is 2. The lowest BCUT2D eigenvalue weighted by Gasteiger charge is -2.14. The van der Waals surface area contributed by atoms with Crippen molar-refractivity contribution in [3.63, 3.8) is 0 Å². The summed E-state index contributed by atoms with van der Waals surface area (Å²) in [6.45, 7) is 3.86. The molecule has 8 heteroatoms. The second-order valence-corrected chi connectivity index (χ2v) is 6.83. The Balaban J connectivity index is 2.04. The van der Waals surface area contributed by atoms with E-state index in [9.17, 15) is 14.4 Å². The highest BCUT2D eigenvalue weighted by Crippen LogP contribution is 2.28. The number of aromatic nitrogens is 2. The molecule has 0 radical (unpaired) electrons. The molecule has 0 saturated heterocycles. The number of anilines is 2. The molecule has 3 aromatic rings. The van der Waals surface area contributed by atoms with Crippen LogP contribution in [0.2, 0.25) is 0 Å². The van der Waals surface area contributed by atoms with Crippen LogP contribution in [0, 0.1) is 0 Å². The Morgan fingerprint density at radius 1 is 1.10 bits per heavy atom. The third kappa shape index (κ3) is 4.48. The zero-order chi connectivity index (χ0) is 21.7. The lowest BCUT2D eigenvalue weighted by Crippen LogP contribution is -2.27. The standard InChI is InChI=1S/C22H24N4O4/c1-4-5-12-26-22(29)17-9-7-6-8-16(17)20(25-26)21(28)24-18-13-15(23-14(2)27)10-11-19(18)30-3/h6-11,13H,4-5,12H2,1-3H3,(H,23,27)(H,24,28). The molecule has 0 aliphatic heterocycles. The highest BCUT2D eigenvalue weighted by atomic mass is 16.5. The van der Waals surface area contributed by atoms with Crippen molar-refractivity contribution in [2.24, 2.45) is 0 Å². The summed E-state index contributed by atoms with van der Waals surface area (Å²) in [5.74, 6) is -0.274. The van der Waals surface area contributed by atoms with Crippen molar-refractivity contribution in [1.82, 2.24) is 9.78 Å². The number of unbranched alkanes of at least 4 members (excludes halogenated alkanes) is 1. The molecule has 1 heterocycles. The first-order chi connectivity index (χ1) is 14.4. The number of carbonyl (C=O) groups excluding carboxylic acids is 2. The Bertz CT molecular complexity index is 1150. The number of aryl methyl sites for hydroxylation is 1. The molecule has 2 aromatic carbocycles. The maximum absolute atomic E-state index is 13.1. The molecule has 2 N–H and O–H groups in total. The predicted molar refractivity (Wildman–Crippen MR) is 116 cm³/mol. The molecule has 0 bridgehead atoms. The van der Waals surface area contributed by atoms with Crippen molar-refractivity contribution >= 4 is 34.0 Å². The second kappa shape index (κ2) is 9.21. The SMILES string of the molecule is CCCCn1nc(C(=O)Nc2cc(NC(C)=O)ccc2OC)c2ccccc2c1=O. The normalized spacial score (nSPS) is 10.6. The molecule has 0 fully saturated rings. The number of fused-ring (bicyclic) bond motifs is 1. The maximum Gasteiger partial charge on any atom is 0.276 e. The molecule has 8 nitrogen and oxygen atoms in total. The van der Waals surface area contributed by atoms with Crippen molar-refractivity contribution in [2.45, 2.75) is 33.2 Å². The van der Waals surface area contributed by atoms with Gasteiger partial charge in [-0.05, 0) is 30.7 Å². The first-order valence-electron chi connectivity index (χ1n) is 9.71. The zero-order valence-electron chi connectivity index (χ0n) is 17.2. The number of hydrogen-bond donors (Lipinski definition) is 2. The van der Waals surface area contributed by atoms with E-state index in [0.717, 1.165) is 12.8 Å². The molecule has 0 saturated carbocycles. The van der Waals surface area contributed by atoms with Crippen LogP contribution in [0.15, 0.2) is 47.3 Å². The van der Waals surface area contributed by atoms with Crippen LogP contribution < -0.4 is 20.9 Å². The fraction of sp³-hybridized carbons (Fsp3) is 0.273. The smallest absolute Gasteiger partial charge is 0.276 e. The monoisotopic (exact) mass is 408 g/mol. The van der Waals surface area contributed by atoms with Crippen LogP contribution >= 0.6 is 0 Å². The lowest BCUT2D eigenvalue weighted by molar-refractivity contribution is -0.114. The van der Waals surface area contributed by atoms with Crippen LogP contribution in [0.25, 0.3) is 10.8 Å². The van der Waals surface area contributed by atoms with Gasteiger partial charge >= 0.3 is 0 Å². The molecule has 0 aliphatic carbocycles. The van der Waals surface area contributed by atoms with Crippen LogP contribution in [0.5, 0.6) is 5.75 Å². The van der Waals surface area contributed by atoms with Crippen molar-refractivity contribution < 1.29 is 14.3 Å². The van der Waals surface area contributed by atoms with E-state index in [1.807, 2.05) is 6.92 Å². The van der Waals surface area contributed by atoms with E-state index in [2.05, 4.69) is 15.7 Å². The Morgan fingerprint density at radius 2 is 1.83 bits per heavy atom. The summed E-state index contributed by atoms with van der Waals surface area (Å²) in [5, 5.41) is 10.7. The number of hydrogen-bond acceptors (Lipinski definition) is 5. The van der Waals surface area contributed by atoms with Gasteiger partial charge in [-0.25, -0.2) is 4.68 Å². The molecular formula is C22H24N4O4. The van der Waals surface area contributed by atoms with Crippen LogP contribution in [0.1, 0.15) is 37.2 Å². The maximum atomic E-state index is 13.1. The number of carbonyl (C=O) groups is 2. The summed E-state index contributed by atoms with van der Waals surface area (Å²) in [6.07, 6.45) is 1.68. The molecule has 0 spiro atoms. The van der Waals surface area contributed by atoms with Gasteiger partial charge in [-0.3, -0.25) is 14.4 Å². The van der Waals surface area contributed by atoms with Gasteiger partial charge in [0.15, 0.2) is 5.69 Å². The number of amides is 2. The molecule has 2 amide bonds. The highest BCUT2D eigenvalue weighted by molar-refractivity contribution is 6.11. The minimum Gasteiger partial charge on any atom is -0.495 e. The van der Waals surface area contributed by atoms with Crippen molar-refractivity contribution in [2.75, 3.05) is 17.7 Å². The quantitative estimate of drug-likeness (QED) is 0.624. The van der Waals surface area contributed by atoms with Crippen LogP contribution in [-0.4, -0.2) is 28.7 Å². The summed E-state index contributed by atoms with van der Waals surface area (Å²) in [5.41, 5.74) is 0.824. The lowest BCUT2D eigenvalue weighted by atomic mass is 10.1. The Kier molecular flexibility index (Phi) is 6.46. The van der Waals surface area contributed by atoms with Gasteiger partial charge in [0.2, 0.25) is 5.91 Å².